The fourth-order valence-corrected chi connectivity index (χ4v) is 3.44. The lowest BCUT2D eigenvalue weighted by molar-refractivity contribution is 0.237. The topological polar surface area (TPSA) is 65.4 Å². The molecule has 1 saturated carbocycles. The van der Waals surface area contributed by atoms with Crippen molar-refractivity contribution < 1.29 is 9.13 Å². The monoisotopic (exact) mass is 368 g/mol. The number of hydrogen-bond donors (Lipinski definition) is 1. The first-order valence-electron chi connectivity index (χ1n) is 9.54. The maximum absolute atomic E-state index is 14.6. The highest BCUT2D eigenvalue weighted by molar-refractivity contribution is 5.77. The van der Waals surface area contributed by atoms with Crippen LogP contribution in [0.4, 0.5) is 4.39 Å². The summed E-state index contributed by atoms with van der Waals surface area (Å²) in [5.74, 6) is 0.715. The molecule has 1 aliphatic rings. The van der Waals surface area contributed by atoms with Crippen molar-refractivity contribution in [3.63, 3.8) is 0 Å². The van der Waals surface area contributed by atoms with Crippen molar-refractivity contribution in [2.45, 2.75) is 45.1 Å². The third-order valence-corrected chi connectivity index (χ3v) is 4.92. The Bertz CT molecular complexity index is 949. The van der Waals surface area contributed by atoms with E-state index < -0.39 is 0 Å². The number of hydrogen-bond acceptors (Lipinski definition) is 4. The van der Waals surface area contributed by atoms with Crippen molar-refractivity contribution >= 4 is 5.65 Å². The first-order chi connectivity index (χ1) is 13.0. The van der Waals surface area contributed by atoms with Gasteiger partial charge in [0, 0.05) is 23.7 Å². The van der Waals surface area contributed by atoms with Crippen LogP contribution in [0.2, 0.25) is 0 Å². The highest BCUT2D eigenvalue weighted by atomic mass is 19.1. The molecule has 3 aromatic rings. The Balaban J connectivity index is 1.56. The van der Waals surface area contributed by atoms with E-state index in [-0.39, 0.29) is 23.5 Å². The Kier molecular flexibility index (Phi) is 4.83. The predicted molar refractivity (Wildman–Crippen MR) is 103 cm³/mol. The molecule has 2 heterocycles. The molecule has 6 heteroatoms. The molecule has 5 nitrogen and oxygen atoms in total. The minimum atomic E-state index is -0.371. The number of nitrogens with two attached hydrogens (primary N) is 1. The van der Waals surface area contributed by atoms with Crippen LogP contribution < -0.4 is 10.5 Å². The zero-order valence-corrected chi connectivity index (χ0v) is 15.7. The molecule has 2 unspecified atom stereocenters. The van der Waals surface area contributed by atoms with Gasteiger partial charge in [0.05, 0.1) is 18.5 Å². The molecule has 1 aromatic carbocycles. The van der Waals surface area contributed by atoms with Crippen molar-refractivity contribution in [3.8, 4) is 16.9 Å². The number of ether oxygens (including phenoxy) is 1. The lowest BCUT2D eigenvalue weighted by Gasteiger charge is -2.15. The Morgan fingerprint density at radius 1 is 1.30 bits per heavy atom. The Hall–Kier alpha value is -2.47. The van der Waals surface area contributed by atoms with Crippen molar-refractivity contribution in [3.05, 3.63) is 48.2 Å². The largest absolute Gasteiger partial charge is 0.490 e. The smallest absolute Gasteiger partial charge is 0.165 e. The molecule has 0 spiro atoms. The van der Waals surface area contributed by atoms with Crippen LogP contribution in [0.3, 0.4) is 0 Å². The average Bonchev–Trinajstić information content (AvgIpc) is 3.38. The third kappa shape index (κ3) is 3.95. The van der Waals surface area contributed by atoms with Gasteiger partial charge < -0.3 is 10.5 Å². The zero-order chi connectivity index (χ0) is 19.0. The van der Waals surface area contributed by atoms with E-state index in [4.69, 9.17) is 15.5 Å². The number of halogens is 1. The number of nitrogens with zero attached hydrogens (tertiary/aromatic N) is 3. The SMILES string of the molecule is CC(N)CC(C)COc1ccc(-c2ccnn3cc(C4CC4)nc23)cc1F. The van der Waals surface area contributed by atoms with Crippen LogP contribution in [0.5, 0.6) is 5.75 Å². The van der Waals surface area contributed by atoms with E-state index in [9.17, 15) is 4.39 Å². The van der Waals surface area contributed by atoms with E-state index in [1.54, 1.807) is 16.8 Å². The fraction of sp³-hybridized carbons (Fsp3) is 0.429. The molecule has 2 aromatic heterocycles. The quantitative estimate of drug-likeness (QED) is 0.680. The molecule has 1 aliphatic carbocycles. The third-order valence-electron chi connectivity index (χ3n) is 4.92. The summed E-state index contributed by atoms with van der Waals surface area (Å²) in [4.78, 5) is 4.73. The van der Waals surface area contributed by atoms with Crippen LogP contribution >= 0.6 is 0 Å². The molecule has 27 heavy (non-hydrogen) atoms. The fourth-order valence-electron chi connectivity index (χ4n) is 3.44. The maximum atomic E-state index is 14.6. The summed E-state index contributed by atoms with van der Waals surface area (Å²) in [5, 5.41) is 4.34. The molecular formula is C21H25FN4O. The second-order valence-corrected chi connectivity index (χ2v) is 7.73. The highest BCUT2D eigenvalue weighted by Crippen LogP contribution is 2.40. The molecule has 0 aliphatic heterocycles. The van der Waals surface area contributed by atoms with Gasteiger partial charge in [-0.3, -0.25) is 0 Å². The normalized spacial score (nSPS) is 16.4. The highest BCUT2D eigenvalue weighted by Gasteiger charge is 2.27. The first-order valence-corrected chi connectivity index (χ1v) is 9.54. The molecule has 0 radical (unpaired) electrons. The van der Waals surface area contributed by atoms with Crippen molar-refractivity contribution in [2.75, 3.05) is 6.61 Å². The molecule has 0 amide bonds. The Morgan fingerprint density at radius 2 is 2.11 bits per heavy atom. The second kappa shape index (κ2) is 7.27. The number of fused-ring (bicyclic) bond motifs is 1. The lowest BCUT2D eigenvalue weighted by Crippen LogP contribution is -2.21. The van der Waals surface area contributed by atoms with Crippen molar-refractivity contribution in [1.29, 1.82) is 0 Å². The zero-order valence-electron chi connectivity index (χ0n) is 15.7. The summed E-state index contributed by atoms with van der Waals surface area (Å²) in [5.41, 5.74) is 9.27. The van der Waals surface area contributed by atoms with Gasteiger partial charge in [-0.1, -0.05) is 13.0 Å². The Labute approximate surface area is 158 Å². The van der Waals surface area contributed by atoms with Crippen LogP contribution in [-0.2, 0) is 0 Å². The van der Waals surface area contributed by atoms with Gasteiger partial charge in [-0.15, -0.1) is 0 Å². The molecule has 2 atom stereocenters. The van der Waals surface area contributed by atoms with Crippen LogP contribution in [0, 0.1) is 11.7 Å². The Morgan fingerprint density at radius 3 is 2.81 bits per heavy atom. The minimum absolute atomic E-state index is 0.111. The molecule has 0 bridgehead atoms. The number of aromatic nitrogens is 3. The molecule has 4 rings (SSSR count). The summed E-state index contributed by atoms with van der Waals surface area (Å²) in [6.07, 6.45) is 6.91. The second-order valence-electron chi connectivity index (χ2n) is 7.73. The van der Waals surface area contributed by atoms with Gasteiger partial charge in [-0.25, -0.2) is 13.9 Å². The van der Waals surface area contributed by atoms with Gasteiger partial charge in [0.15, 0.2) is 17.2 Å². The number of rotatable bonds is 7. The summed E-state index contributed by atoms with van der Waals surface area (Å²) >= 11 is 0. The maximum Gasteiger partial charge on any atom is 0.165 e. The molecule has 142 valence electrons. The number of imidazole rings is 1. The van der Waals surface area contributed by atoms with E-state index in [0.717, 1.165) is 28.9 Å². The first kappa shape index (κ1) is 17.9. The molecular weight excluding hydrogens is 343 g/mol. The average molecular weight is 368 g/mol. The van der Waals surface area contributed by atoms with Gasteiger partial charge in [0.1, 0.15) is 0 Å². The van der Waals surface area contributed by atoms with Crippen LogP contribution in [0.25, 0.3) is 16.8 Å². The van der Waals surface area contributed by atoms with E-state index >= 15 is 0 Å². The molecule has 1 fully saturated rings. The van der Waals surface area contributed by atoms with Crippen LogP contribution in [-0.4, -0.2) is 27.2 Å². The summed E-state index contributed by atoms with van der Waals surface area (Å²) in [6.45, 7) is 4.47. The lowest BCUT2D eigenvalue weighted by atomic mass is 10.0. The number of benzene rings is 1. The van der Waals surface area contributed by atoms with E-state index in [1.807, 2.05) is 25.3 Å². The van der Waals surface area contributed by atoms with Gasteiger partial charge in [-0.2, -0.15) is 5.10 Å². The van der Waals surface area contributed by atoms with Crippen LogP contribution in [0.15, 0.2) is 36.7 Å². The molecule has 0 saturated heterocycles. The summed E-state index contributed by atoms with van der Waals surface area (Å²) in [7, 11) is 0. The van der Waals surface area contributed by atoms with E-state index in [1.165, 1.54) is 18.9 Å². The summed E-state index contributed by atoms with van der Waals surface area (Å²) in [6, 6.07) is 7.05. The molecule has 2 N–H and O–H groups in total. The van der Waals surface area contributed by atoms with Gasteiger partial charge >= 0.3 is 0 Å². The predicted octanol–water partition coefficient (Wildman–Crippen LogP) is 4.17. The van der Waals surface area contributed by atoms with E-state index in [0.29, 0.717) is 12.5 Å². The standard InChI is InChI=1S/C21H25FN4O/c1-13(9-14(2)23)12-27-20-6-5-16(10-18(20)22)17-7-8-24-26-11-19(15-3-4-15)25-21(17)26/h5-8,10-11,13-15H,3-4,9,12,23H2,1-2H3. The van der Waals surface area contributed by atoms with Crippen molar-refractivity contribution in [2.24, 2.45) is 11.7 Å². The summed E-state index contributed by atoms with van der Waals surface area (Å²) < 4.78 is 22.0. The van der Waals surface area contributed by atoms with Gasteiger partial charge in [0.25, 0.3) is 0 Å². The van der Waals surface area contributed by atoms with Crippen molar-refractivity contribution in [1.82, 2.24) is 14.6 Å². The minimum Gasteiger partial charge on any atom is -0.490 e. The van der Waals surface area contributed by atoms with Crippen LogP contribution in [0.1, 0.15) is 44.7 Å². The van der Waals surface area contributed by atoms with Gasteiger partial charge in [-0.05, 0) is 55.9 Å². The van der Waals surface area contributed by atoms with Gasteiger partial charge in [0.2, 0.25) is 0 Å². The van der Waals surface area contributed by atoms with E-state index in [2.05, 4.69) is 12.0 Å².